The molecule has 1 N–H and O–H groups in total. The van der Waals surface area contributed by atoms with E-state index in [0.717, 1.165) is 41.8 Å². The first-order valence-electron chi connectivity index (χ1n) is 13.3. The Labute approximate surface area is 256 Å². The number of hydrogen-bond donors (Lipinski definition) is 1. The summed E-state index contributed by atoms with van der Waals surface area (Å²) in [6.45, 7) is -0.524. The molecule has 0 unspecified atom stereocenters. The van der Waals surface area contributed by atoms with Crippen LogP contribution in [0.2, 0.25) is 15.1 Å². The summed E-state index contributed by atoms with van der Waals surface area (Å²) in [6, 6.07) is 19.9. The van der Waals surface area contributed by atoms with Gasteiger partial charge in [-0.3, -0.25) is 13.9 Å². The lowest BCUT2D eigenvalue weighted by Gasteiger charge is -2.34. The van der Waals surface area contributed by atoms with Crippen LogP contribution in [0.25, 0.3) is 0 Å². The number of halogens is 3. The molecule has 41 heavy (non-hydrogen) atoms. The van der Waals surface area contributed by atoms with Crippen LogP contribution >= 0.6 is 34.8 Å². The van der Waals surface area contributed by atoms with E-state index < -0.39 is 28.5 Å². The zero-order chi connectivity index (χ0) is 29.6. The Hall–Kier alpha value is -2.78. The third-order valence-corrected chi connectivity index (χ3v) is 8.97. The quantitative estimate of drug-likeness (QED) is 0.275. The van der Waals surface area contributed by atoms with Crippen LogP contribution in [-0.2, 0) is 32.6 Å². The largest absolute Gasteiger partial charge is 0.352 e. The van der Waals surface area contributed by atoms with Crippen LogP contribution in [0.1, 0.15) is 36.8 Å². The van der Waals surface area contributed by atoms with Gasteiger partial charge in [0.2, 0.25) is 21.8 Å². The molecule has 0 bridgehead atoms. The average Bonchev–Trinajstić information content (AvgIpc) is 3.42. The van der Waals surface area contributed by atoms with E-state index in [9.17, 15) is 18.0 Å². The zero-order valence-electron chi connectivity index (χ0n) is 22.6. The molecule has 1 atom stereocenters. The van der Waals surface area contributed by atoms with Crippen LogP contribution in [0.5, 0.6) is 0 Å². The van der Waals surface area contributed by atoms with Crippen molar-refractivity contribution in [1.29, 1.82) is 0 Å². The van der Waals surface area contributed by atoms with Crippen LogP contribution in [0.3, 0.4) is 0 Å². The first kappa shape index (κ1) is 31.2. The number of nitrogens with one attached hydrogen (secondary N) is 1. The summed E-state index contributed by atoms with van der Waals surface area (Å²) < 4.78 is 26.8. The van der Waals surface area contributed by atoms with Crippen molar-refractivity contribution in [3.63, 3.8) is 0 Å². The lowest BCUT2D eigenvalue weighted by molar-refractivity contribution is -0.140. The van der Waals surface area contributed by atoms with Gasteiger partial charge in [-0.15, -0.1) is 0 Å². The molecule has 218 valence electrons. The number of anilines is 1. The Kier molecular flexibility index (Phi) is 10.6. The van der Waals surface area contributed by atoms with Crippen LogP contribution < -0.4 is 9.62 Å². The third kappa shape index (κ3) is 8.61. The summed E-state index contributed by atoms with van der Waals surface area (Å²) in [7, 11) is -3.95. The molecule has 1 aliphatic carbocycles. The van der Waals surface area contributed by atoms with Crippen molar-refractivity contribution in [3.05, 3.63) is 99.0 Å². The molecule has 0 radical (unpaired) electrons. The van der Waals surface area contributed by atoms with Gasteiger partial charge in [0.1, 0.15) is 12.6 Å². The second-order valence-electron chi connectivity index (χ2n) is 10.2. The molecule has 0 aromatic heterocycles. The lowest BCUT2D eigenvalue weighted by Crippen LogP contribution is -2.54. The van der Waals surface area contributed by atoms with Gasteiger partial charge in [0.15, 0.2) is 0 Å². The van der Waals surface area contributed by atoms with Gasteiger partial charge in [-0.25, -0.2) is 8.42 Å². The molecule has 1 saturated carbocycles. The van der Waals surface area contributed by atoms with E-state index in [1.807, 2.05) is 36.4 Å². The highest BCUT2D eigenvalue weighted by Gasteiger charge is 2.34. The Balaban J connectivity index is 1.74. The van der Waals surface area contributed by atoms with E-state index in [0.29, 0.717) is 15.6 Å². The van der Waals surface area contributed by atoms with Gasteiger partial charge in [0.25, 0.3) is 0 Å². The number of amides is 2. The molecule has 0 saturated heterocycles. The summed E-state index contributed by atoms with van der Waals surface area (Å²) in [6.07, 6.45) is 5.06. The van der Waals surface area contributed by atoms with Crippen molar-refractivity contribution in [3.8, 4) is 0 Å². The average molecular weight is 637 g/mol. The Morgan fingerprint density at radius 3 is 2.20 bits per heavy atom. The fraction of sp³-hybridized carbons (Fsp3) is 0.333. The van der Waals surface area contributed by atoms with E-state index >= 15 is 0 Å². The fourth-order valence-corrected chi connectivity index (χ4v) is 6.67. The minimum atomic E-state index is -3.95. The maximum Gasteiger partial charge on any atom is 0.244 e. The van der Waals surface area contributed by atoms with Crippen LogP contribution in [-0.4, -0.2) is 50.0 Å². The molecule has 3 aromatic rings. The molecule has 1 aliphatic rings. The van der Waals surface area contributed by atoms with Gasteiger partial charge in [-0.2, -0.15) is 0 Å². The number of hydrogen-bond acceptors (Lipinski definition) is 4. The van der Waals surface area contributed by atoms with Crippen molar-refractivity contribution in [2.45, 2.75) is 50.7 Å². The molecule has 11 heteroatoms. The van der Waals surface area contributed by atoms with Gasteiger partial charge in [-0.05, 0) is 54.3 Å². The lowest BCUT2D eigenvalue weighted by atomic mass is 10.0. The predicted molar refractivity (Wildman–Crippen MR) is 165 cm³/mol. The SMILES string of the molecule is CS(=O)(=O)N(CC(=O)N(Cc1cccc(Cl)c1)[C@@H](Cc1ccccc1)C(=O)NC1CCCC1)c1ccc(Cl)cc1Cl. The van der Waals surface area contributed by atoms with E-state index in [4.69, 9.17) is 34.8 Å². The van der Waals surface area contributed by atoms with Crippen molar-refractivity contribution >= 4 is 62.3 Å². The van der Waals surface area contributed by atoms with Gasteiger partial charge in [0, 0.05) is 29.1 Å². The second kappa shape index (κ2) is 13.9. The van der Waals surface area contributed by atoms with Crippen LogP contribution in [0.15, 0.2) is 72.8 Å². The summed E-state index contributed by atoms with van der Waals surface area (Å²) in [4.78, 5) is 29.4. The first-order valence-corrected chi connectivity index (χ1v) is 16.3. The molecule has 1 fully saturated rings. The van der Waals surface area contributed by atoms with Crippen molar-refractivity contribution < 1.29 is 18.0 Å². The molecular formula is C30H32Cl3N3O4S. The number of sulfonamides is 1. The summed E-state index contributed by atoms with van der Waals surface area (Å²) in [5, 5.41) is 4.02. The van der Waals surface area contributed by atoms with E-state index in [2.05, 4.69) is 5.32 Å². The second-order valence-corrected chi connectivity index (χ2v) is 13.4. The maximum absolute atomic E-state index is 14.2. The molecule has 3 aromatic carbocycles. The van der Waals surface area contributed by atoms with E-state index in [1.165, 1.54) is 23.1 Å². The number of nitrogens with zero attached hydrogens (tertiary/aromatic N) is 2. The van der Waals surface area contributed by atoms with Gasteiger partial charge in [-0.1, -0.05) is 90.1 Å². The third-order valence-electron chi connectivity index (χ3n) is 7.07. The smallest absolute Gasteiger partial charge is 0.244 e. The number of benzene rings is 3. The number of carbonyl (C=O) groups is 2. The number of rotatable bonds is 11. The fourth-order valence-electron chi connectivity index (χ4n) is 5.03. The molecule has 0 aliphatic heterocycles. The zero-order valence-corrected chi connectivity index (χ0v) is 25.7. The van der Waals surface area contributed by atoms with Crippen molar-refractivity contribution in [1.82, 2.24) is 10.2 Å². The summed E-state index contributed by atoms with van der Waals surface area (Å²) in [5.74, 6) is -0.851. The van der Waals surface area contributed by atoms with Crippen molar-refractivity contribution in [2.75, 3.05) is 17.1 Å². The van der Waals surface area contributed by atoms with Gasteiger partial charge < -0.3 is 10.2 Å². The highest BCUT2D eigenvalue weighted by molar-refractivity contribution is 7.92. The predicted octanol–water partition coefficient (Wildman–Crippen LogP) is 6.11. The van der Waals surface area contributed by atoms with Crippen molar-refractivity contribution in [2.24, 2.45) is 0 Å². The van der Waals surface area contributed by atoms with Gasteiger partial charge >= 0.3 is 0 Å². The van der Waals surface area contributed by atoms with E-state index in [1.54, 1.807) is 18.2 Å². The minimum Gasteiger partial charge on any atom is -0.352 e. The minimum absolute atomic E-state index is 0.0317. The molecule has 0 spiro atoms. The molecule has 2 amide bonds. The van der Waals surface area contributed by atoms with Gasteiger partial charge in [0.05, 0.1) is 17.0 Å². The first-order chi connectivity index (χ1) is 19.5. The summed E-state index contributed by atoms with van der Waals surface area (Å²) >= 11 is 18.6. The Morgan fingerprint density at radius 2 is 1.56 bits per heavy atom. The van der Waals surface area contributed by atoms with Crippen LogP contribution in [0, 0.1) is 0 Å². The topological polar surface area (TPSA) is 86.8 Å². The molecule has 4 rings (SSSR count). The van der Waals surface area contributed by atoms with E-state index in [-0.39, 0.29) is 35.6 Å². The highest BCUT2D eigenvalue weighted by Crippen LogP contribution is 2.31. The summed E-state index contributed by atoms with van der Waals surface area (Å²) in [5.41, 5.74) is 1.68. The Bertz CT molecular complexity index is 1480. The monoisotopic (exact) mass is 635 g/mol. The Morgan fingerprint density at radius 1 is 0.902 bits per heavy atom. The molecule has 0 heterocycles. The highest BCUT2D eigenvalue weighted by atomic mass is 35.5. The normalized spacial score (nSPS) is 14.4. The molecular weight excluding hydrogens is 605 g/mol. The number of carbonyl (C=O) groups excluding carboxylic acids is 2. The standard InChI is InChI=1S/C30H32Cl3N3O4S/c1-41(39,40)36(27-15-14-24(32)18-26(27)33)20-29(37)35(19-22-10-7-11-23(31)16-22)28(17-21-8-3-2-4-9-21)30(38)34-25-12-5-6-13-25/h2-4,7-11,14-16,18,25,28H,5-6,12-13,17,19-20H2,1H3,(H,34,38)/t28-/m0/s1. The molecule has 7 nitrogen and oxygen atoms in total. The maximum atomic E-state index is 14.2. The van der Waals surface area contributed by atoms with Crippen LogP contribution in [0.4, 0.5) is 5.69 Å².